The van der Waals surface area contributed by atoms with Crippen LogP contribution in [-0.4, -0.2) is 25.0 Å². The van der Waals surface area contributed by atoms with Gasteiger partial charge in [0.05, 0.1) is 0 Å². The number of rotatable bonds is 2. The molecule has 0 N–H and O–H groups in total. The Morgan fingerprint density at radius 1 is 1.33 bits per heavy atom. The monoisotopic (exact) mass is 169 g/mol. The van der Waals surface area contributed by atoms with Crippen LogP contribution in [0.2, 0.25) is 0 Å². The van der Waals surface area contributed by atoms with Crippen molar-refractivity contribution in [3.63, 3.8) is 0 Å². The molecule has 72 valence electrons. The Hall–Kier alpha value is -0.0400. The van der Waals surface area contributed by atoms with Crippen LogP contribution in [0.5, 0.6) is 0 Å². The van der Waals surface area contributed by atoms with Crippen LogP contribution < -0.4 is 0 Å². The number of likely N-dealkylation sites (tertiary alicyclic amines) is 1. The number of hydrogen-bond donors (Lipinski definition) is 0. The minimum atomic E-state index is 0.501. The van der Waals surface area contributed by atoms with Crippen molar-refractivity contribution in [2.75, 3.05) is 20.1 Å². The van der Waals surface area contributed by atoms with Gasteiger partial charge in [-0.2, -0.15) is 0 Å². The molecule has 1 nitrogen and oxygen atoms in total. The summed E-state index contributed by atoms with van der Waals surface area (Å²) < 4.78 is 0. The van der Waals surface area contributed by atoms with Gasteiger partial charge in [0.15, 0.2) is 0 Å². The van der Waals surface area contributed by atoms with Gasteiger partial charge in [0.2, 0.25) is 0 Å². The summed E-state index contributed by atoms with van der Waals surface area (Å²) in [6.45, 7) is 12.1. The van der Waals surface area contributed by atoms with E-state index in [0.29, 0.717) is 5.41 Å². The summed E-state index contributed by atoms with van der Waals surface area (Å²) >= 11 is 0. The third kappa shape index (κ3) is 2.01. The topological polar surface area (TPSA) is 3.24 Å². The molecule has 12 heavy (non-hydrogen) atoms. The first-order chi connectivity index (χ1) is 5.45. The highest BCUT2D eigenvalue weighted by Crippen LogP contribution is 2.38. The third-order valence-corrected chi connectivity index (χ3v) is 3.21. The fourth-order valence-corrected chi connectivity index (χ4v) is 2.65. The van der Waals surface area contributed by atoms with E-state index >= 15 is 0 Å². The second-order valence-electron chi connectivity index (χ2n) is 5.36. The van der Waals surface area contributed by atoms with Gasteiger partial charge in [-0.15, -0.1) is 0 Å². The van der Waals surface area contributed by atoms with E-state index in [1.165, 1.54) is 19.5 Å². The van der Waals surface area contributed by atoms with E-state index in [9.17, 15) is 0 Å². The molecule has 1 atom stereocenters. The molecule has 1 fully saturated rings. The average molecular weight is 169 g/mol. The van der Waals surface area contributed by atoms with Crippen molar-refractivity contribution in [3.05, 3.63) is 0 Å². The van der Waals surface area contributed by atoms with Gasteiger partial charge >= 0.3 is 0 Å². The molecule has 0 aromatic heterocycles. The minimum Gasteiger partial charge on any atom is -0.306 e. The highest BCUT2D eigenvalue weighted by atomic mass is 15.2. The first-order valence-corrected chi connectivity index (χ1v) is 5.13. The van der Waals surface area contributed by atoms with E-state index in [0.717, 1.165) is 11.8 Å². The van der Waals surface area contributed by atoms with E-state index < -0.39 is 0 Å². The van der Waals surface area contributed by atoms with E-state index in [1.807, 2.05) is 0 Å². The third-order valence-electron chi connectivity index (χ3n) is 3.21. The molecular formula is C11H23N. The fraction of sp³-hybridized carbons (Fsp3) is 1.00. The summed E-state index contributed by atoms with van der Waals surface area (Å²) in [5.74, 6) is 1.87. The van der Waals surface area contributed by atoms with Crippen LogP contribution in [-0.2, 0) is 0 Å². The molecule has 0 bridgehead atoms. The minimum absolute atomic E-state index is 0.501. The maximum Gasteiger partial charge on any atom is 0.00218 e. The van der Waals surface area contributed by atoms with E-state index in [4.69, 9.17) is 0 Å². The quantitative estimate of drug-likeness (QED) is 0.614. The molecule has 1 unspecified atom stereocenters. The van der Waals surface area contributed by atoms with E-state index in [1.54, 1.807) is 0 Å². The number of hydrogen-bond acceptors (Lipinski definition) is 1. The summed E-state index contributed by atoms with van der Waals surface area (Å²) in [6, 6.07) is 0. The Bertz CT molecular complexity index is 140. The molecule has 1 aliphatic heterocycles. The smallest absolute Gasteiger partial charge is 0.00218 e. The normalized spacial score (nSPS) is 23.8. The van der Waals surface area contributed by atoms with Crippen molar-refractivity contribution in [1.82, 2.24) is 4.90 Å². The summed E-state index contributed by atoms with van der Waals surface area (Å²) in [5.41, 5.74) is 0.501. The summed E-state index contributed by atoms with van der Waals surface area (Å²) in [4.78, 5) is 2.42. The van der Waals surface area contributed by atoms with Gasteiger partial charge in [0.1, 0.15) is 0 Å². The zero-order valence-corrected chi connectivity index (χ0v) is 9.22. The van der Waals surface area contributed by atoms with E-state index in [2.05, 4.69) is 39.6 Å². The Labute approximate surface area is 77.1 Å². The Balaban J connectivity index is 2.47. The maximum absolute atomic E-state index is 2.42. The van der Waals surface area contributed by atoms with Crippen LogP contribution in [0.25, 0.3) is 0 Å². The van der Waals surface area contributed by atoms with E-state index in [-0.39, 0.29) is 0 Å². The van der Waals surface area contributed by atoms with Crippen LogP contribution in [0.4, 0.5) is 0 Å². The van der Waals surface area contributed by atoms with Crippen molar-refractivity contribution < 1.29 is 0 Å². The van der Waals surface area contributed by atoms with Gasteiger partial charge < -0.3 is 4.90 Å². The van der Waals surface area contributed by atoms with Gasteiger partial charge in [-0.1, -0.05) is 34.1 Å². The summed E-state index contributed by atoms with van der Waals surface area (Å²) in [6.07, 6.45) is 1.34. The zero-order valence-electron chi connectivity index (χ0n) is 9.22. The molecule has 1 heterocycles. The standard InChI is InChI=1S/C11H23N/c1-6-10(11(2,3)4)9-7-12(5)8-9/h9-10H,6-8H2,1-5H3. The molecule has 1 aliphatic rings. The lowest BCUT2D eigenvalue weighted by Crippen LogP contribution is -2.50. The van der Waals surface area contributed by atoms with Crippen LogP contribution in [0, 0.1) is 17.3 Å². The lowest BCUT2D eigenvalue weighted by molar-refractivity contribution is 0.0275. The van der Waals surface area contributed by atoms with Crippen LogP contribution in [0.15, 0.2) is 0 Å². The van der Waals surface area contributed by atoms with Gasteiger partial charge in [0, 0.05) is 13.1 Å². The highest BCUT2D eigenvalue weighted by molar-refractivity contribution is 4.88. The molecule has 0 aromatic rings. The molecule has 1 saturated heterocycles. The first kappa shape index (κ1) is 10.0. The maximum atomic E-state index is 2.42. The summed E-state index contributed by atoms with van der Waals surface area (Å²) in [7, 11) is 2.21. The van der Waals surface area contributed by atoms with Crippen molar-refractivity contribution in [2.24, 2.45) is 17.3 Å². The Morgan fingerprint density at radius 3 is 2.08 bits per heavy atom. The Morgan fingerprint density at radius 2 is 1.83 bits per heavy atom. The first-order valence-electron chi connectivity index (χ1n) is 5.13. The molecule has 0 saturated carbocycles. The zero-order chi connectivity index (χ0) is 9.35. The van der Waals surface area contributed by atoms with Crippen LogP contribution in [0.1, 0.15) is 34.1 Å². The second-order valence-corrected chi connectivity index (χ2v) is 5.36. The van der Waals surface area contributed by atoms with Crippen molar-refractivity contribution in [2.45, 2.75) is 34.1 Å². The van der Waals surface area contributed by atoms with Crippen molar-refractivity contribution >= 4 is 0 Å². The SMILES string of the molecule is CCC(C1CN(C)C1)C(C)(C)C. The van der Waals surface area contributed by atoms with Gasteiger partial charge in [-0.05, 0) is 24.3 Å². The molecule has 0 aromatic carbocycles. The fourth-order valence-electron chi connectivity index (χ4n) is 2.65. The van der Waals surface area contributed by atoms with Gasteiger partial charge in [0.25, 0.3) is 0 Å². The van der Waals surface area contributed by atoms with Crippen molar-refractivity contribution in [1.29, 1.82) is 0 Å². The van der Waals surface area contributed by atoms with Crippen molar-refractivity contribution in [3.8, 4) is 0 Å². The Kier molecular flexibility index (Phi) is 2.82. The lowest BCUT2D eigenvalue weighted by atomic mass is 9.69. The average Bonchev–Trinajstić information content (AvgIpc) is 1.82. The molecule has 0 radical (unpaired) electrons. The molecule has 0 aliphatic carbocycles. The van der Waals surface area contributed by atoms with Crippen LogP contribution in [0.3, 0.4) is 0 Å². The van der Waals surface area contributed by atoms with Gasteiger partial charge in [-0.25, -0.2) is 0 Å². The molecule has 1 rings (SSSR count). The van der Waals surface area contributed by atoms with Gasteiger partial charge in [-0.3, -0.25) is 0 Å². The summed E-state index contributed by atoms with van der Waals surface area (Å²) in [5, 5.41) is 0. The molecule has 1 heteroatoms. The predicted molar refractivity (Wildman–Crippen MR) is 54.2 cm³/mol. The molecule has 0 amide bonds. The largest absolute Gasteiger partial charge is 0.306 e. The lowest BCUT2D eigenvalue weighted by Gasteiger charge is -2.46. The van der Waals surface area contributed by atoms with Crippen LogP contribution >= 0.6 is 0 Å². The highest BCUT2D eigenvalue weighted by Gasteiger charge is 2.36. The second kappa shape index (κ2) is 3.37. The number of nitrogens with zero attached hydrogens (tertiary/aromatic N) is 1. The predicted octanol–water partition coefficient (Wildman–Crippen LogP) is 2.62. The molecule has 0 spiro atoms. The molecular weight excluding hydrogens is 146 g/mol.